The molecule has 0 unspecified atom stereocenters. The monoisotopic (exact) mass is 132 g/mol. The summed E-state index contributed by atoms with van der Waals surface area (Å²) in [7, 11) is 1.57. The van der Waals surface area contributed by atoms with E-state index in [9.17, 15) is 4.79 Å². The quantitative estimate of drug-likeness (QED) is 0.434. The average Bonchev–Trinajstić information content (AvgIpc) is 1.64. The van der Waals surface area contributed by atoms with Crippen LogP contribution >= 0.6 is 0 Å². The molecule has 1 amide bonds. The fourth-order valence-electron chi connectivity index (χ4n) is 0.621. The van der Waals surface area contributed by atoms with E-state index < -0.39 is 18.1 Å². The molecule has 2 atom stereocenters. The summed E-state index contributed by atoms with van der Waals surface area (Å²) < 4.78 is 0. The van der Waals surface area contributed by atoms with Gasteiger partial charge in [-0.1, -0.05) is 0 Å². The van der Waals surface area contributed by atoms with Gasteiger partial charge in [0.05, 0.1) is 6.10 Å². The zero-order chi connectivity index (χ0) is 7.44. The molecule has 0 rings (SSSR count). The van der Waals surface area contributed by atoms with Crippen LogP contribution < -0.4 is 11.1 Å². The number of primary amides is 1. The van der Waals surface area contributed by atoms with Gasteiger partial charge in [0.15, 0.2) is 0 Å². The van der Waals surface area contributed by atoms with Crippen molar-refractivity contribution in [3.05, 3.63) is 0 Å². The molecule has 0 saturated carbocycles. The van der Waals surface area contributed by atoms with Crippen LogP contribution in [-0.2, 0) is 4.79 Å². The second-order valence-corrected chi connectivity index (χ2v) is 1.91. The molecule has 0 fully saturated rings. The minimum Gasteiger partial charge on any atom is -0.391 e. The Balaban J connectivity index is 3.83. The number of carbonyl (C=O) groups excluding carboxylic acids is 1. The van der Waals surface area contributed by atoms with Crippen molar-refractivity contribution in [2.45, 2.75) is 19.1 Å². The number of nitrogens with two attached hydrogens (primary N) is 1. The maximum absolute atomic E-state index is 10.4. The zero-order valence-electron chi connectivity index (χ0n) is 5.59. The van der Waals surface area contributed by atoms with Crippen LogP contribution in [0.3, 0.4) is 0 Å². The minimum atomic E-state index is -0.729. The van der Waals surface area contributed by atoms with E-state index in [1.807, 2.05) is 0 Å². The van der Waals surface area contributed by atoms with Gasteiger partial charge in [0, 0.05) is 0 Å². The highest BCUT2D eigenvalue weighted by molar-refractivity contribution is 5.80. The van der Waals surface area contributed by atoms with Gasteiger partial charge >= 0.3 is 0 Å². The molecule has 54 valence electrons. The number of rotatable bonds is 3. The van der Waals surface area contributed by atoms with Crippen molar-refractivity contribution in [2.75, 3.05) is 7.05 Å². The first-order valence-electron chi connectivity index (χ1n) is 2.74. The highest BCUT2D eigenvalue weighted by atomic mass is 16.3. The second kappa shape index (κ2) is 3.42. The third-order valence-corrected chi connectivity index (χ3v) is 1.10. The van der Waals surface area contributed by atoms with Crippen molar-refractivity contribution < 1.29 is 9.90 Å². The van der Waals surface area contributed by atoms with Crippen molar-refractivity contribution >= 4 is 5.91 Å². The fourth-order valence-corrected chi connectivity index (χ4v) is 0.621. The van der Waals surface area contributed by atoms with E-state index in [1.165, 1.54) is 6.92 Å². The van der Waals surface area contributed by atoms with Crippen molar-refractivity contribution in [2.24, 2.45) is 5.73 Å². The van der Waals surface area contributed by atoms with E-state index in [1.54, 1.807) is 7.05 Å². The van der Waals surface area contributed by atoms with Crippen molar-refractivity contribution in [1.29, 1.82) is 0 Å². The van der Waals surface area contributed by atoms with Gasteiger partial charge in [-0.25, -0.2) is 0 Å². The molecule has 0 aliphatic rings. The number of aliphatic hydroxyl groups excluding tert-OH is 1. The number of carbonyl (C=O) groups is 1. The molecular weight excluding hydrogens is 120 g/mol. The Hall–Kier alpha value is -0.610. The molecule has 0 aromatic carbocycles. The molecule has 0 spiro atoms. The Morgan fingerprint density at radius 2 is 2.22 bits per heavy atom. The third-order valence-electron chi connectivity index (χ3n) is 1.10. The van der Waals surface area contributed by atoms with Crippen molar-refractivity contribution in [1.82, 2.24) is 5.32 Å². The summed E-state index contributed by atoms with van der Waals surface area (Å²) in [6.07, 6.45) is -0.729. The number of hydrogen-bond acceptors (Lipinski definition) is 3. The lowest BCUT2D eigenvalue weighted by molar-refractivity contribution is -0.122. The van der Waals surface area contributed by atoms with E-state index >= 15 is 0 Å². The van der Waals surface area contributed by atoms with Gasteiger partial charge in [-0.15, -0.1) is 0 Å². The smallest absolute Gasteiger partial charge is 0.237 e. The van der Waals surface area contributed by atoms with Crippen LogP contribution in [0.15, 0.2) is 0 Å². The summed E-state index contributed by atoms with van der Waals surface area (Å²) in [5.41, 5.74) is 4.89. The Labute approximate surface area is 54.0 Å². The Morgan fingerprint density at radius 3 is 2.22 bits per heavy atom. The lowest BCUT2D eigenvalue weighted by atomic mass is 10.2. The molecule has 4 N–H and O–H groups in total. The van der Waals surface area contributed by atoms with Gasteiger partial charge in [0.2, 0.25) is 5.91 Å². The van der Waals surface area contributed by atoms with Crippen LogP contribution in [-0.4, -0.2) is 30.2 Å². The van der Waals surface area contributed by atoms with Gasteiger partial charge in [0.25, 0.3) is 0 Å². The van der Waals surface area contributed by atoms with Crippen LogP contribution in [0.2, 0.25) is 0 Å². The SMILES string of the molecule is CN[C@@H](C(N)=O)[C@H](C)O. The summed E-state index contributed by atoms with van der Waals surface area (Å²) >= 11 is 0. The van der Waals surface area contributed by atoms with Crippen molar-refractivity contribution in [3.8, 4) is 0 Å². The lowest BCUT2D eigenvalue weighted by Gasteiger charge is -2.13. The standard InChI is InChI=1S/C5H12N2O2/c1-3(8)4(7-2)5(6)9/h3-4,7-8H,1-2H3,(H2,6,9)/t3-,4+/m0/s1. The van der Waals surface area contributed by atoms with Crippen LogP contribution in [0, 0.1) is 0 Å². The van der Waals surface area contributed by atoms with E-state index in [4.69, 9.17) is 10.8 Å². The van der Waals surface area contributed by atoms with E-state index in [0.717, 1.165) is 0 Å². The second-order valence-electron chi connectivity index (χ2n) is 1.91. The Kier molecular flexibility index (Phi) is 3.19. The molecule has 0 saturated heterocycles. The molecule has 0 radical (unpaired) electrons. The first-order valence-corrected chi connectivity index (χ1v) is 2.74. The first kappa shape index (κ1) is 8.39. The number of hydrogen-bond donors (Lipinski definition) is 3. The van der Waals surface area contributed by atoms with Gasteiger partial charge in [0.1, 0.15) is 6.04 Å². The van der Waals surface area contributed by atoms with Gasteiger partial charge in [-0.2, -0.15) is 0 Å². The molecule has 0 aromatic heterocycles. The molecule has 0 bridgehead atoms. The molecule has 0 aliphatic carbocycles. The summed E-state index contributed by atoms with van der Waals surface area (Å²) in [4.78, 5) is 10.4. The number of likely N-dealkylation sites (N-methyl/N-ethyl adjacent to an activating group) is 1. The van der Waals surface area contributed by atoms with Gasteiger partial charge in [-0.3, -0.25) is 4.79 Å². The molecule has 9 heavy (non-hydrogen) atoms. The van der Waals surface area contributed by atoms with Crippen LogP contribution in [0.1, 0.15) is 6.92 Å². The van der Waals surface area contributed by atoms with E-state index in [2.05, 4.69) is 5.32 Å². The average molecular weight is 132 g/mol. The van der Waals surface area contributed by atoms with Crippen LogP contribution in [0.25, 0.3) is 0 Å². The van der Waals surface area contributed by atoms with Gasteiger partial charge < -0.3 is 16.2 Å². The largest absolute Gasteiger partial charge is 0.391 e. The molecule has 0 aromatic rings. The number of nitrogens with one attached hydrogen (secondary N) is 1. The Morgan fingerprint density at radius 1 is 1.78 bits per heavy atom. The number of aliphatic hydroxyl groups is 1. The van der Waals surface area contributed by atoms with E-state index in [-0.39, 0.29) is 0 Å². The molecule has 0 aliphatic heterocycles. The highest BCUT2D eigenvalue weighted by Crippen LogP contribution is 1.88. The third kappa shape index (κ3) is 2.43. The maximum Gasteiger partial charge on any atom is 0.237 e. The normalized spacial score (nSPS) is 16.8. The predicted octanol–water partition coefficient (Wildman–Crippen LogP) is -1.56. The highest BCUT2D eigenvalue weighted by Gasteiger charge is 2.17. The summed E-state index contributed by atoms with van der Waals surface area (Å²) in [5.74, 6) is -0.535. The predicted molar refractivity (Wildman–Crippen MR) is 33.7 cm³/mol. The lowest BCUT2D eigenvalue weighted by Crippen LogP contribution is -2.46. The van der Waals surface area contributed by atoms with Crippen molar-refractivity contribution in [3.63, 3.8) is 0 Å². The molecule has 0 heterocycles. The van der Waals surface area contributed by atoms with Crippen LogP contribution in [0.4, 0.5) is 0 Å². The topological polar surface area (TPSA) is 75.3 Å². The maximum atomic E-state index is 10.4. The van der Waals surface area contributed by atoms with Gasteiger partial charge in [-0.05, 0) is 14.0 Å². The minimum absolute atomic E-state index is 0.535. The Bertz CT molecular complexity index is 103. The summed E-state index contributed by atoms with van der Waals surface area (Å²) in [5, 5.41) is 11.4. The fraction of sp³-hybridized carbons (Fsp3) is 0.800. The summed E-state index contributed by atoms with van der Waals surface area (Å²) in [6.45, 7) is 1.51. The van der Waals surface area contributed by atoms with E-state index in [0.29, 0.717) is 0 Å². The number of amides is 1. The van der Waals surface area contributed by atoms with Crippen LogP contribution in [0.5, 0.6) is 0 Å². The molecular formula is C5H12N2O2. The molecule has 4 heteroatoms. The zero-order valence-corrected chi connectivity index (χ0v) is 5.59. The summed E-state index contributed by atoms with van der Waals surface area (Å²) in [6, 6.07) is -0.634. The first-order chi connectivity index (χ1) is 4.09. The molecule has 4 nitrogen and oxygen atoms in total.